The van der Waals surface area contributed by atoms with Crippen molar-refractivity contribution in [2.75, 3.05) is 23.3 Å². The van der Waals surface area contributed by atoms with Gasteiger partial charge < -0.3 is 15.5 Å². The summed E-state index contributed by atoms with van der Waals surface area (Å²) >= 11 is 0. The summed E-state index contributed by atoms with van der Waals surface area (Å²) in [5.74, 6) is -0.266. The molecule has 0 radical (unpaired) electrons. The van der Waals surface area contributed by atoms with E-state index in [-0.39, 0.29) is 24.4 Å². The Morgan fingerprint density at radius 3 is 2.37 bits per heavy atom. The minimum atomic E-state index is -0.136. The van der Waals surface area contributed by atoms with E-state index in [0.717, 1.165) is 25.1 Å². The van der Waals surface area contributed by atoms with Crippen LogP contribution in [-0.4, -0.2) is 30.9 Å². The highest BCUT2D eigenvalue weighted by atomic mass is 16.2. The third-order valence-corrected chi connectivity index (χ3v) is 4.65. The highest BCUT2D eigenvalue weighted by molar-refractivity contribution is 6.04. The van der Waals surface area contributed by atoms with E-state index in [9.17, 15) is 9.59 Å². The number of nitrogens with zero attached hydrogens (tertiary/aromatic N) is 1. The van der Waals surface area contributed by atoms with Crippen molar-refractivity contribution >= 4 is 23.2 Å². The van der Waals surface area contributed by atoms with Crippen LogP contribution in [0, 0.1) is 13.8 Å². The number of anilines is 2. The van der Waals surface area contributed by atoms with Gasteiger partial charge in [0, 0.05) is 18.3 Å². The minimum absolute atomic E-state index is 0.130. The second-order valence-corrected chi connectivity index (χ2v) is 7.20. The molecule has 0 heterocycles. The lowest BCUT2D eigenvalue weighted by Crippen LogP contribution is -2.34. The quantitative estimate of drug-likeness (QED) is 0.787. The Balaban J connectivity index is 1.70. The van der Waals surface area contributed by atoms with Crippen molar-refractivity contribution in [3.05, 3.63) is 59.2 Å². The number of aryl methyl sites for hydroxylation is 2. The summed E-state index contributed by atoms with van der Waals surface area (Å²) in [7, 11) is 0. The predicted molar refractivity (Wildman–Crippen MR) is 109 cm³/mol. The van der Waals surface area contributed by atoms with Crippen LogP contribution in [0.5, 0.6) is 0 Å². The van der Waals surface area contributed by atoms with Crippen molar-refractivity contribution < 1.29 is 9.59 Å². The van der Waals surface area contributed by atoms with Crippen LogP contribution in [0.2, 0.25) is 0 Å². The number of amides is 2. The molecule has 142 valence electrons. The van der Waals surface area contributed by atoms with Gasteiger partial charge in [-0.1, -0.05) is 18.2 Å². The van der Waals surface area contributed by atoms with Gasteiger partial charge in [-0.15, -0.1) is 0 Å². The van der Waals surface area contributed by atoms with Gasteiger partial charge in [-0.05, 0) is 69.0 Å². The monoisotopic (exact) mass is 365 g/mol. The van der Waals surface area contributed by atoms with Crippen LogP contribution < -0.4 is 15.5 Å². The molecular formula is C22H27N3O2. The first-order chi connectivity index (χ1) is 13.0. The zero-order valence-corrected chi connectivity index (χ0v) is 16.2. The molecule has 0 aliphatic heterocycles. The molecule has 2 amide bonds. The van der Waals surface area contributed by atoms with Crippen molar-refractivity contribution in [3.63, 3.8) is 0 Å². The highest BCUT2D eigenvalue weighted by Gasteiger charge is 2.25. The molecule has 3 rings (SSSR count). The maximum atomic E-state index is 12.6. The molecule has 1 fully saturated rings. The zero-order chi connectivity index (χ0) is 19.4. The van der Waals surface area contributed by atoms with Crippen LogP contribution >= 0.6 is 0 Å². The van der Waals surface area contributed by atoms with Gasteiger partial charge in [-0.3, -0.25) is 9.59 Å². The number of para-hydroxylation sites is 1. The van der Waals surface area contributed by atoms with Gasteiger partial charge in [0.1, 0.15) is 0 Å². The Labute approximate surface area is 160 Å². The lowest BCUT2D eigenvalue weighted by Gasteiger charge is -2.23. The molecule has 0 aromatic heterocycles. The summed E-state index contributed by atoms with van der Waals surface area (Å²) in [4.78, 5) is 27.1. The van der Waals surface area contributed by atoms with E-state index in [1.54, 1.807) is 12.1 Å². The van der Waals surface area contributed by atoms with E-state index in [0.29, 0.717) is 11.3 Å². The number of hydrogen-bond acceptors (Lipinski definition) is 3. The SMILES string of the molecule is CCN(CC(=O)Nc1ccccc1C(=O)NC1CC1)c1cc(C)cc(C)c1. The van der Waals surface area contributed by atoms with Gasteiger partial charge in [0.15, 0.2) is 0 Å². The third kappa shape index (κ3) is 5.09. The topological polar surface area (TPSA) is 61.4 Å². The maximum Gasteiger partial charge on any atom is 0.253 e. The Morgan fingerprint density at radius 1 is 1.07 bits per heavy atom. The molecule has 5 heteroatoms. The Hall–Kier alpha value is -2.82. The van der Waals surface area contributed by atoms with Gasteiger partial charge in [0.2, 0.25) is 5.91 Å². The fraction of sp³-hybridized carbons (Fsp3) is 0.364. The first-order valence-electron chi connectivity index (χ1n) is 9.49. The summed E-state index contributed by atoms with van der Waals surface area (Å²) < 4.78 is 0. The average molecular weight is 365 g/mol. The molecule has 1 aliphatic rings. The van der Waals surface area contributed by atoms with Gasteiger partial charge in [-0.2, -0.15) is 0 Å². The van der Waals surface area contributed by atoms with Crippen LogP contribution in [0.25, 0.3) is 0 Å². The van der Waals surface area contributed by atoms with E-state index >= 15 is 0 Å². The number of carbonyl (C=O) groups is 2. The van der Waals surface area contributed by atoms with Crippen molar-refractivity contribution in [2.24, 2.45) is 0 Å². The van der Waals surface area contributed by atoms with Crippen molar-refractivity contribution in [1.29, 1.82) is 0 Å². The minimum Gasteiger partial charge on any atom is -0.362 e. The fourth-order valence-electron chi connectivity index (χ4n) is 3.16. The standard InChI is InChI=1S/C22H27N3O2/c1-4-25(18-12-15(2)11-16(3)13-18)14-21(26)24-20-8-6-5-7-19(20)22(27)23-17-9-10-17/h5-8,11-13,17H,4,9-10,14H2,1-3H3,(H,23,27)(H,24,26). The van der Waals surface area contributed by atoms with E-state index in [1.165, 1.54) is 11.1 Å². The summed E-state index contributed by atoms with van der Waals surface area (Å²) in [5.41, 5.74) is 4.44. The zero-order valence-electron chi connectivity index (χ0n) is 16.2. The van der Waals surface area contributed by atoms with Crippen LogP contribution in [0.4, 0.5) is 11.4 Å². The molecule has 1 saturated carbocycles. The number of benzene rings is 2. The van der Waals surface area contributed by atoms with Crippen molar-refractivity contribution in [1.82, 2.24) is 5.32 Å². The van der Waals surface area contributed by atoms with E-state index in [2.05, 4.69) is 42.7 Å². The van der Waals surface area contributed by atoms with Gasteiger partial charge in [0.25, 0.3) is 5.91 Å². The first kappa shape index (κ1) is 19.0. The van der Waals surface area contributed by atoms with E-state index in [4.69, 9.17) is 0 Å². The molecule has 0 bridgehead atoms. The number of carbonyl (C=O) groups excluding carboxylic acids is 2. The maximum absolute atomic E-state index is 12.6. The van der Waals surface area contributed by atoms with Gasteiger partial charge in [0.05, 0.1) is 17.8 Å². The second-order valence-electron chi connectivity index (χ2n) is 7.20. The molecule has 0 unspecified atom stereocenters. The number of hydrogen-bond donors (Lipinski definition) is 2. The van der Waals surface area contributed by atoms with Crippen LogP contribution in [0.1, 0.15) is 41.3 Å². The Bertz CT molecular complexity index is 823. The fourth-order valence-corrected chi connectivity index (χ4v) is 3.16. The Morgan fingerprint density at radius 2 is 1.74 bits per heavy atom. The molecule has 1 aliphatic carbocycles. The van der Waals surface area contributed by atoms with Gasteiger partial charge in [-0.25, -0.2) is 0 Å². The van der Waals surface area contributed by atoms with Crippen molar-refractivity contribution in [3.8, 4) is 0 Å². The van der Waals surface area contributed by atoms with E-state index < -0.39 is 0 Å². The number of likely N-dealkylation sites (N-methyl/N-ethyl adjacent to an activating group) is 1. The molecule has 27 heavy (non-hydrogen) atoms. The molecule has 0 saturated heterocycles. The lowest BCUT2D eigenvalue weighted by atomic mass is 10.1. The second kappa shape index (κ2) is 8.25. The van der Waals surface area contributed by atoms with Crippen LogP contribution in [0.15, 0.2) is 42.5 Å². The van der Waals surface area contributed by atoms with Crippen molar-refractivity contribution in [2.45, 2.75) is 39.7 Å². The summed E-state index contributed by atoms with van der Waals surface area (Å²) in [6, 6.07) is 13.7. The lowest BCUT2D eigenvalue weighted by molar-refractivity contribution is -0.115. The molecule has 2 aromatic rings. The van der Waals surface area contributed by atoms with Crippen LogP contribution in [-0.2, 0) is 4.79 Å². The Kier molecular flexibility index (Phi) is 5.79. The van der Waals surface area contributed by atoms with Crippen LogP contribution in [0.3, 0.4) is 0 Å². The average Bonchev–Trinajstić information content (AvgIpc) is 3.43. The number of rotatable bonds is 7. The summed E-state index contributed by atoms with van der Waals surface area (Å²) in [5, 5.41) is 5.88. The number of nitrogens with one attached hydrogen (secondary N) is 2. The smallest absolute Gasteiger partial charge is 0.253 e. The highest BCUT2D eigenvalue weighted by Crippen LogP contribution is 2.22. The first-order valence-corrected chi connectivity index (χ1v) is 9.49. The predicted octanol–water partition coefficient (Wildman–Crippen LogP) is 3.66. The molecule has 0 atom stereocenters. The molecular weight excluding hydrogens is 338 g/mol. The molecule has 5 nitrogen and oxygen atoms in total. The molecule has 2 N–H and O–H groups in total. The largest absolute Gasteiger partial charge is 0.362 e. The van der Waals surface area contributed by atoms with E-state index in [1.807, 2.05) is 24.0 Å². The van der Waals surface area contributed by atoms with Gasteiger partial charge >= 0.3 is 0 Å². The molecule has 0 spiro atoms. The summed E-state index contributed by atoms with van der Waals surface area (Å²) in [6.07, 6.45) is 2.06. The molecule has 2 aromatic carbocycles. The summed E-state index contributed by atoms with van der Waals surface area (Å²) in [6.45, 7) is 7.10. The normalized spacial score (nSPS) is 13.1. The third-order valence-electron chi connectivity index (χ3n) is 4.65.